The first kappa shape index (κ1) is 14.6. The predicted octanol–water partition coefficient (Wildman–Crippen LogP) is 5.17. The van der Waals surface area contributed by atoms with Gasteiger partial charge in [-0.15, -0.1) is 0 Å². The van der Waals surface area contributed by atoms with E-state index in [9.17, 15) is 0 Å². The van der Waals surface area contributed by atoms with Gasteiger partial charge in [-0.3, -0.25) is 4.99 Å². The summed E-state index contributed by atoms with van der Waals surface area (Å²) in [4.78, 5) is 4.34. The molecule has 0 amide bonds. The van der Waals surface area contributed by atoms with E-state index in [1.807, 2.05) is 30.5 Å². The maximum atomic E-state index is 6.25. The Kier molecular flexibility index (Phi) is 4.13. The van der Waals surface area contributed by atoms with Gasteiger partial charge in [0, 0.05) is 23.8 Å². The van der Waals surface area contributed by atoms with E-state index in [1.165, 1.54) is 11.1 Å². The molecule has 0 atom stereocenters. The Hall–Kier alpha value is -2.30. The molecule has 2 heteroatoms. The summed E-state index contributed by atoms with van der Waals surface area (Å²) < 4.78 is 0. The summed E-state index contributed by atoms with van der Waals surface area (Å²) in [5.41, 5.74) is 6.40. The molecule has 2 aromatic carbocycles. The summed E-state index contributed by atoms with van der Waals surface area (Å²) in [6, 6.07) is 12.2. The van der Waals surface area contributed by atoms with E-state index in [4.69, 9.17) is 11.6 Å². The molecule has 0 saturated heterocycles. The van der Waals surface area contributed by atoms with Crippen LogP contribution in [0, 0.1) is 25.7 Å². The van der Waals surface area contributed by atoms with Gasteiger partial charge in [-0.2, -0.15) is 0 Å². The Morgan fingerprint density at radius 1 is 1.00 bits per heavy atom. The highest BCUT2D eigenvalue weighted by atomic mass is 35.5. The molecule has 1 aliphatic heterocycles. The SMILES string of the molecule is Cc1cc(Cl)c(C#Cc2ccc(C3=CCC=N3)cc2)cc1C. The number of hydrogen-bond donors (Lipinski definition) is 0. The van der Waals surface area contributed by atoms with Crippen molar-refractivity contribution in [2.45, 2.75) is 20.3 Å². The Labute approximate surface area is 136 Å². The average Bonchev–Trinajstić information content (AvgIpc) is 3.04. The molecule has 1 nitrogen and oxygen atoms in total. The van der Waals surface area contributed by atoms with E-state index in [0.29, 0.717) is 5.02 Å². The maximum Gasteiger partial charge on any atom is 0.0662 e. The minimum absolute atomic E-state index is 0.706. The van der Waals surface area contributed by atoms with Crippen LogP contribution < -0.4 is 0 Å². The van der Waals surface area contributed by atoms with E-state index >= 15 is 0 Å². The van der Waals surface area contributed by atoms with E-state index in [2.05, 4.69) is 48.9 Å². The zero-order chi connectivity index (χ0) is 15.5. The van der Waals surface area contributed by atoms with Crippen molar-refractivity contribution < 1.29 is 0 Å². The number of halogens is 1. The van der Waals surface area contributed by atoms with Crippen LogP contribution in [0.25, 0.3) is 5.70 Å². The molecule has 0 N–H and O–H groups in total. The van der Waals surface area contributed by atoms with Gasteiger partial charge in [-0.25, -0.2) is 0 Å². The standard InChI is InChI=1S/C20H16ClN/c1-14-12-18(19(21)13-15(14)2)10-7-16-5-8-17(9-6-16)20-4-3-11-22-20/h4-6,8-9,11-13H,3H2,1-2H3. The molecule has 2 aromatic rings. The fourth-order valence-corrected chi connectivity index (χ4v) is 2.57. The fourth-order valence-electron chi connectivity index (χ4n) is 2.30. The molecule has 1 heterocycles. The number of benzene rings is 2. The highest BCUT2D eigenvalue weighted by Gasteiger charge is 2.03. The number of allylic oxidation sites excluding steroid dienone is 1. The van der Waals surface area contributed by atoms with Crippen LogP contribution in [0.15, 0.2) is 47.5 Å². The van der Waals surface area contributed by atoms with Crippen LogP contribution in [0.5, 0.6) is 0 Å². The maximum absolute atomic E-state index is 6.25. The zero-order valence-corrected chi connectivity index (χ0v) is 13.4. The summed E-state index contributed by atoms with van der Waals surface area (Å²) in [6.45, 7) is 4.12. The van der Waals surface area contributed by atoms with Crippen molar-refractivity contribution in [2.24, 2.45) is 4.99 Å². The van der Waals surface area contributed by atoms with Gasteiger partial charge in [0.25, 0.3) is 0 Å². The number of hydrogen-bond acceptors (Lipinski definition) is 1. The minimum atomic E-state index is 0.706. The predicted molar refractivity (Wildman–Crippen MR) is 94.4 cm³/mol. The van der Waals surface area contributed by atoms with Crippen molar-refractivity contribution in [3.05, 3.63) is 75.3 Å². The molecule has 0 spiro atoms. The second kappa shape index (κ2) is 6.22. The summed E-state index contributed by atoms with van der Waals surface area (Å²) in [7, 11) is 0. The molecule has 3 rings (SSSR count). The summed E-state index contributed by atoms with van der Waals surface area (Å²) >= 11 is 6.25. The van der Waals surface area contributed by atoms with Crippen LogP contribution in [0.4, 0.5) is 0 Å². The van der Waals surface area contributed by atoms with Crippen LogP contribution in [0.2, 0.25) is 5.02 Å². The molecular weight excluding hydrogens is 290 g/mol. The highest BCUT2D eigenvalue weighted by molar-refractivity contribution is 6.31. The van der Waals surface area contributed by atoms with Crippen molar-refractivity contribution >= 4 is 23.5 Å². The molecule has 0 aliphatic carbocycles. The third-order valence-electron chi connectivity index (χ3n) is 3.75. The van der Waals surface area contributed by atoms with Gasteiger partial charge < -0.3 is 0 Å². The van der Waals surface area contributed by atoms with E-state index in [0.717, 1.165) is 28.8 Å². The summed E-state index contributed by atoms with van der Waals surface area (Å²) in [6.07, 6.45) is 4.96. The van der Waals surface area contributed by atoms with Gasteiger partial charge in [0.1, 0.15) is 0 Å². The van der Waals surface area contributed by atoms with Crippen molar-refractivity contribution in [3.63, 3.8) is 0 Å². The van der Waals surface area contributed by atoms with Gasteiger partial charge in [0.15, 0.2) is 0 Å². The second-order valence-corrected chi connectivity index (χ2v) is 5.79. The minimum Gasteiger partial charge on any atom is -0.261 e. The molecule has 1 aliphatic rings. The number of aliphatic imine (C=N–C) groups is 1. The molecule has 0 saturated carbocycles. The van der Waals surface area contributed by atoms with Gasteiger partial charge >= 0.3 is 0 Å². The molecular formula is C20H16ClN. The number of aryl methyl sites for hydroxylation is 2. The topological polar surface area (TPSA) is 12.4 Å². The van der Waals surface area contributed by atoms with E-state index in [-0.39, 0.29) is 0 Å². The molecule has 0 fully saturated rings. The van der Waals surface area contributed by atoms with Crippen molar-refractivity contribution in [3.8, 4) is 11.8 Å². The Morgan fingerprint density at radius 3 is 2.41 bits per heavy atom. The monoisotopic (exact) mass is 305 g/mol. The summed E-state index contributed by atoms with van der Waals surface area (Å²) in [5.74, 6) is 6.33. The van der Waals surface area contributed by atoms with Crippen LogP contribution >= 0.6 is 11.6 Å². The molecule has 108 valence electrons. The number of nitrogens with zero attached hydrogens (tertiary/aromatic N) is 1. The molecule has 22 heavy (non-hydrogen) atoms. The van der Waals surface area contributed by atoms with Crippen LogP contribution in [-0.4, -0.2) is 6.21 Å². The molecule has 0 radical (unpaired) electrons. The van der Waals surface area contributed by atoms with Crippen molar-refractivity contribution in [1.82, 2.24) is 0 Å². The zero-order valence-electron chi connectivity index (χ0n) is 12.7. The molecule has 0 aromatic heterocycles. The van der Waals surface area contributed by atoms with Crippen LogP contribution in [0.3, 0.4) is 0 Å². The van der Waals surface area contributed by atoms with Gasteiger partial charge in [0.2, 0.25) is 0 Å². The third-order valence-corrected chi connectivity index (χ3v) is 4.07. The largest absolute Gasteiger partial charge is 0.261 e. The first-order valence-corrected chi connectivity index (χ1v) is 7.63. The van der Waals surface area contributed by atoms with Crippen LogP contribution in [-0.2, 0) is 0 Å². The Bertz CT molecular complexity index is 830. The van der Waals surface area contributed by atoms with Crippen LogP contribution in [0.1, 0.15) is 34.2 Å². The lowest BCUT2D eigenvalue weighted by atomic mass is 10.1. The first-order chi connectivity index (χ1) is 10.6. The lowest BCUT2D eigenvalue weighted by Crippen LogP contribution is -1.85. The highest BCUT2D eigenvalue weighted by Crippen LogP contribution is 2.21. The smallest absolute Gasteiger partial charge is 0.0662 e. The number of rotatable bonds is 1. The fraction of sp³-hybridized carbons (Fsp3) is 0.150. The lowest BCUT2D eigenvalue weighted by molar-refractivity contribution is 1.33. The van der Waals surface area contributed by atoms with Crippen molar-refractivity contribution in [2.75, 3.05) is 0 Å². The summed E-state index contributed by atoms with van der Waals surface area (Å²) in [5, 5.41) is 0.706. The van der Waals surface area contributed by atoms with Crippen molar-refractivity contribution in [1.29, 1.82) is 0 Å². The van der Waals surface area contributed by atoms with Gasteiger partial charge in [-0.1, -0.05) is 41.7 Å². The average molecular weight is 306 g/mol. The Morgan fingerprint density at radius 2 is 1.73 bits per heavy atom. The Balaban J connectivity index is 1.85. The quantitative estimate of drug-likeness (QED) is 0.644. The van der Waals surface area contributed by atoms with E-state index < -0.39 is 0 Å². The molecule has 0 unspecified atom stereocenters. The second-order valence-electron chi connectivity index (χ2n) is 5.38. The third kappa shape index (κ3) is 3.13. The lowest BCUT2D eigenvalue weighted by Gasteiger charge is -2.02. The molecule has 0 bridgehead atoms. The van der Waals surface area contributed by atoms with E-state index in [1.54, 1.807) is 0 Å². The first-order valence-electron chi connectivity index (χ1n) is 7.25. The normalized spacial score (nSPS) is 12.8. The van der Waals surface area contributed by atoms with Gasteiger partial charge in [0.05, 0.1) is 10.7 Å². The van der Waals surface area contributed by atoms with Gasteiger partial charge in [-0.05, 0) is 54.8 Å².